The first-order chi connectivity index (χ1) is 8.15. The lowest BCUT2D eigenvalue weighted by Crippen LogP contribution is -1.96. The molecular formula is C14H11ClF2. The summed E-state index contributed by atoms with van der Waals surface area (Å²) in [5, 5.41) is -0.354. The number of halogens is 3. The van der Waals surface area contributed by atoms with Crippen LogP contribution in [0.5, 0.6) is 0 Å². The minimum absolute atomic E-state index is 0.286. The summed E-state index contributed by atoms with van der Waals surface area (Å²) in [4.78, 5) is 0. The molecule has 0 heterocycles. The molecule has 2 aromatic rings. The Hall–Kier alpha value is -1.41. The highest BCUT2D eigenvalue weighted by molar-refractivity contribution is 6.20. The van der Waals surface area contributed by atoms with E-state index in [0.29, 0.717) is 12.0 Å². The van der Waals surface area contributed by atoms with Crippen molar-refractivity contribution in [3.8, 4) is 0 Å². The van der Waals surface area contributed by atoms with Crippen LogP contribution in [0.15, 0.2) is 48.5 Å². The molecule has 3 heteroatoms. The molecule has 0 spiro atoms. The highest BCUT2D eigenvalue weighted by atomic mass is 35.5. The van der Waals surface area contributed by atoms with Gasteiger partial charge in [-0.3, -0.25) is 0 Å². The van der Waals surface area contributed by atoms with E-state index < -0.39 is 0 Å². The summed E-state index contributed by atoms with van der Waals surface area (Å²) in [7, 11) is 0. The van der Waals surface area contributed by atoms with Crippen molar-refractivity contribution in [1.82, 2.24) is 0 Å². The molecule has 17 heavy (non-hydrogen) atoms. The highest BCUT2D eigenvalue weighted by Gasteiger charge is 2.10. The molecule has 0 radical (unpaired) electrons. The van der Waals surface area contributed by atoms with Gasteiger partial charge in [-0.25, -0.2) is 8.78 Å². The normalized spacial score (nSPS) is 12.4. The Bertz CT molecular complexity index is 511. The van der Waals surface area contributed by atoms with Crippen molar-refractivity contribution >= 4 is 11.6 Å². The van der Waals surface area contributed by atoms with E-state index in [1.165, 1.54) is 24.3 Å². The van der Waals surface area contributed by atoms with Gasteiger partial charge in [0.2, 0.25) is 0 Å². The van der Waals surface area contributed by atoms with Crippen LogP contribution in [0.25, 0.3) is 0 Å². The minimum atomic E-state index is -0.354. The maximum Gasteiger partial charge on any atom is 0.123 e. The fraction of sp³-hybridized carbons (Fsp3) is 0.143. The Morgan fingerprint density at radius 1 is 0.941 bits per heavy atom. The quantitative estimate of drug-likeness (QED) is 0.706. The average Bonchev–Trinajstić information content (AvgIpc) is 2.29. The molecule has 0 fully saturated rings. The van der Waals surface area contributed by atoms with Crippen LogP contribution < -0.4 is 0 Å². The maximum atomic E-state index is 13.0. The molecule has 0 N–H and O–H groups in total. The molecule has 0 saturated heterocycles. The Kier molecular flexibility index (Phi) is 3.75. The first-order valence-corrected chi connectivity index (χ1v) is 5.73. The zero-order chi connectivity index (χ0) is 12.3. The van der Waals surface area contributed by atoms with Crippen LogP contribution in [0.4, 0.5) is 8.78 Å². The zero-order valence-electron chi connectivity index (χ0n) is 9.04. The van der Waals surface area contributed by atoms with E-state index in [1.807, 2.05) is 0 Å². The third-order valence-corrected chi connectivity index (χ3v) is 2.92. The second-order valence-electron chi connectivity index (χ2n) is 3.86. The van der Waals surface area contributed by atoms with Gasteiger partial charge in [0.15, 0.2) is 0 Å². The Balaban J connectivity index is 2.14. The van der Waals surface area contributed by atoms with Crippen molar-refractivity contribution in [2.75, 3.05) is 0 Å². The summed E-state index contributed by atoms with van der Waals surface area (Å²) in [6.07, 6.45) is 0.475. The van der Waals surface area contributed by atoms with E-state index in [4.69, 9.17) is 11.6 Å². The molecule has 1 unspecified atom stereocenters. The van der Waals surface area contributed by atoms with Gasteiger partial charge in [0.1, 0.15) is 11.6 Å². The van der Waals surface area contributed by atoms with Crippen molar-refractivity contribution in [2.45, 2.75) is 11.8 Å². The van der Waals surface area contributed by atoms with Crippen LogP contribution in [0.3, 0.4) is 0 Å². The molecule has 0 aliphatic carbocycles. The van der Waals surface area contributed by atoms with E-state index in [1.54, 1.807) is 24.3 Å². The largest absolute Gasteiger partial charge is 0.207 e. The standard InChI is InChI=1S/C14H11ClF2/c15-14(11-4-2-6-13(17)9-11)8-10-3-1-5-12(16)7-10/h1-7,9,14H,8H2. The van der Waals surface area contributed by atoms with Gasteiger partial charge in [0, 0.05) is 0 Å². The summed E-state index contributed by atoms with van der Waals surface area (Å²) in [5.74, 6) is -0.599. The highest BCUT2D eigenvalue weighted by Crippen LogP contribution is 2.25. The van der Waals surface area contributed by atoms with Gasteiger partial charge < -0.3 is 0 Å². The number of hydrogen-bond acceptors (Lipinski definition) is 0. The third-order valence-electron chi connectivity index (χ3n) is 2.51. The summed E-state index contributed by atoms with van der Waals surface area (Å²) < 4.78 is 26.0. The molecule has 1 atom stereocenters. The van der Waals surface area contributed by atoms with Crippen LogP contribution in [-0.2, 0) is 6.42 Å². The molecule has 0 aliphatic heterocycles. The number of alkyl halides is 1. The van der Waals surface area contributed by atoms with Crippen LogP contribution in [-0.4, -0.2) is 0 Å². The van der Waals surface area contributed by atoms with Gasteiger partial charge in [0.25, 0.3) is 0 Å². The molecule has 0 aliphatic rings. The number of rotatable bonds is 3. The SMILES string of the molecule is Fc1cccc(CC(Cl)c2cccc(F)c2)c1. The Morgan fingerprint density at radius 3 is 2.24 bits per heavy atom. The number of hydrogen-bond donors (Lipinski definition) is 0. The van der Waals surface area contributed by atoms with Crippen LogP contribution in [0.2, 0.25) is 0 Å². The molecule has 0 aromatic heterocycles. The maximum absolute atomic E-state index is 13.0. The third kappa shape index (κ3) is 3.27. The van der Waals surface area contributed by atoms with Gasteiger partial charge in [-0.1, -0.05) is 24.3 Å². The van der Waals surface area contributed by atoms with Crippen molar-refractivity contribution in [3.63, 3.8) is 0 Å². The van der Waals surface area contributed by atoms with Gasteiger partial charge >= 0.3 is 0 Å². The average molecular weight is 253 g/mol. The second kappa shape index (κ2) is 5.28. The van der Waals surface area contributed by atoms with E-state index in [0.717, 1.165) is 5.56 Å². The van der Waals surface area contributed by atoms with Crippen LogP contribution in [0, 0.1) is 11.6 Å². The lowest BCUT2D eigenvalue weighted by molar-refractivity contribution is 0.622. The first kappa shape index (κ1) is 12.1. The van der Waals surface area contributed by atoms with E-state index in [-0.39, 0.29) is 17.0 Å². The molecule has 0 saturated carbocycles. The predicted octanol–water partition coefficient (Wildman–Crippen LogP) is 4.49. The molecule has 2 aromatic carbocycles. The monoisotopic (exact) mass is 252 g/mol. The van der Waals surface area contributed by atoms with Crippen molar-refractivity contribution in [1.29, 1.82) is 0 Å². The van der Waals surface area contributed by atoms with Gasteiger partial charge in [0.05, 0.1) is 5.38 Å². The summed E-state index contributed by atoms with van der Waals surface area (Å²) in [6.45, 7) is 0. The number of benzene rings is 2. The summed E-state index contributed by atoms with van der Waals surface area (Å²) in [5.41, 5.74) is 1.50. The lowest BCUT2D eigenvalue weighted by atomic mass is 10.0. The van der Waals surface area contributed by atoms with E-state index in [9.17, 15) is 8.78 Å². The molecule has 88 valence electrons. The topological polar surface area (TPSA) is 0 Å². The van der Waals surface area contributed by atoms with Gasteiger partial charge in [-0.05, 0) is 41.8 Å². The Labute approximate surface area is 104 Å². The van der Waals surface area contributed by atoms with Gasteiger partial charge in [-0.2, -0.15) is 0 Å². The van der Waals surface area contributed by atoms with Crippen molar-refractivity contribution in [2.24, 2.45) is 0 Å². The first-order valence-electron chi connectivity index (χ1n) is 5.29. The molecular weight excluding hydrogens is 242 g/mol. The smallest absolute Gasteiger partial charge is 0.123 e. The van der Waals surface area contributed by atoms with Crippen molar-refractivity contribution < 1.29 is 8.78 Å². The van der Waals surface area contributed by atoms with Gasteiger partial charge in [-0.15, -0.1) is 11.6 Å². The summed E-state index contributed by atoms with van der Waals surface area (Å²) in [6, 6.07) is 12.4. The second-order valence-corrected chi connectivity index (χ2v) is 4.38. The lowest BCUT2D eigenvalue weighted by Gasteiger charge is -2.10. The molecule has 2 rings (SSSR count). The van der Waals surface area contributed by atoms with Crippen molar-refractivity contribution in [3.05, 3.63) is 71.3 Å². The molecule has 0 nitrogen and oxygen atoms in total. The minimum Gasteiger partial charge on any atom is -0.207 e. The summed E-state index contributed by atoms with van der Waals surface area (Å²) >= 11 is 6.18. The van der Waals surface area contributed by atoms with E-state index >= 15 is 0 Å². The fourth-order valence-electron chi connectivity index (χ4n) is 1.69. The van der Waals surface area contributed by atoms with Crippen LogP contribution >= 0.6 is 11.6 Å². The fourth-order valence-corrected chi connectivity index (χ4v) is 2.00. The van der Waals surface area contributed by atoms with E-state index in [2.05, 4.69) is 0 Å². The van der Waals surface area contributed by atoms with Crippen LogP contribution in [0.1, 0.15) is 16.5 Å². The predicted molar refractivity (Wildman–Crippen MR) is 65.1 cm³/mol. The molecule has 0 amide bonds. The molecule has 0 bridgehead atoms. The zero-order valence-corrected chi connectivity index (χ0v) is 9.79. The Morgan fingerprint density at radius 2 is 1.59 bits per heavy atom.